The van der Waals surface area contributed by atoms with Gasteiger partial charge < -0.3 is 10.5 Å². The molecule has 0 radical (unpaired) electrons. The number of hydrogen-bond donors (Lipinski definition) is 1. The Bertz CT molecular complexity index is 519. The second-order valence-corrected chi connectivity index (χ2v) is 4.97. The first-order valence-electron chi connectivity index (χ1n) is 6.67. The van der Waals surface area contributed by atoms with Crippen LogP contribution >= 0.6 is 0 Å². The molecular weight excluding hydrogens is 234 g/mol. The molecule has 0 aliphatic carbocycles. The monoisotopic (exact) mass is 255 g/mol. The van der Waals surface area contributed by atoms with Crippen LogP contribution in [-0.4, -0.2) is 6.61 Å². The normalized spacial score (nSPS) is 12.2. The number of ether oxygens (including phenoxy) is 1. The summed E-state index contributed by atoms with van der Waals surface area (Å²) >= 11 is 0. The van der Waals surface area contributed by atoms with E-state index in [1.54, 1.807) is 0 Å². The Hall–Kier alpha value is -1.80. The maximum absolute atomic E-state index is 6.16. The van der Waals surface area contributed by atoms with Gasteiger partial charge in [0.15, 0.2) is 0 Å². The number of hydrogen-bond acceptors (Lipinski definition) is 2. The lowest BCUT2D eigenvalue weighted by Crippen LogP contribution is -2.14. The Kier molecular flexibility index (Phi) is 4.58. The lowest BCUT2D eigenvalue weighted by atomic mass is 10.0. The van der Waals surface area contributed by atoms with Crippen LogP contribution < -0.4 is 10.5 Å². The fraction of sp³-hybridized carbons (Fsp3) is 0.294. The molecular formula is C17H21NO. The summed E-state index contributed by atoms with van der Waals surface area (Å²) in [5.74, 6) is 0.913. The Balaban J connectivity index is 1.84. The largest absolute Gasteiger partial charge is 0.494 e. The van der Waals surface area contributed by atoms with Crippen molar-refractivity contribution in [1.29, 1.82) is 0 Å². The zero-order chi connectivity index (χ0) is 13.7. The number of aryl methyl sites for hydroxylation is 2. The molecule has 2 heteroatoms. The van der Waals surface area contributed by atoms with Gasteiger partial charge in [0.25, 0.3) is 0 Å². The van der Waals surface area contributed by atoms with Crippen molar-refractivity contribution in [3.8, 4) is 5.75 Å². The third kappa shape index (κ3) is 4.11. The smallest absolute Gasteiger partial charge is 0.119 e. The maximum Gasteiger partial charge on any atom is 0.119 e. The highest BCUT2D eigenvalue weighted by Crippen LogP contribution is 2.17. The van der Waals surface area contributed by atoms with E-state index < -0.39 is 0 Å². The van der Waals surface area contributed by atoms with E-state index in [1.807, 2.05) is 18.2 Å². The van der Waals surface area contributed by atoms with Gasteiger partial charge in [-0.1, -0.05) is 42.0 Å². The minimum atomic E-state index is 0.0328. The molecule has 0 aliphatic heterocycles. The zero-order valence-electron chi connectivity index (χ0n) is 11.6. The average Bonchev–Trinajstić information content (AvgIpc) is 2.39. The summed E-state index contributed by atoms with van der Waals surface area (Å²) in [6, 6.07) is 16.5. The van der Waals surface area contributed by atoms with Gasteiger partial charge in [-0.25, -0.2) is 0 Å². The van der Waals surface area contributed by atoms with Crippen molar-refractivity contribution in [1.82, 2.24) is 0 Å². The summed E-state index contributed by atoms with van der Waals surface area (Å²) in [4.78, 5) is 0. The molecule has 0 spiro atoms. The van der Waals surface area contributed by atoms with Crippen LogP contribution in [0.1, 0.15) is 29.2 Å². The fourth-order valence-electron chi connectivity index (χ4n) is 1.99. The summed E-state index contributed by atoms with van der Waals surface area (Å²) in [7, 11) is 0. The van der Waals surface area contributed by atoms with Crippen LogP contribution in [0.3, 0.4) is 0 Å². The van der Waals surface area contributed by atoms with Crippen LogP contribution in [0.15, 0.2) is 48.5 Å². The highest BCUT2D eigenvalue weighted by molar-refractivity contribution is 5.27. The molecule has 1 atom stereocenters. The van der Waals surface area contributed by atoms with Gasteiger partial charge in [-0.05, 0) is 37.1 Å². The fourth-order valence-corrected chi connectivity index (χ4v) is 1.99. The van der Waals surface area contributed by atoms with Crippen LogP contribution in [-0.2, 0) is 0 Å². The van der Waals surface area contributed by atoms with E-state index in [9.17, 15) is 0 Å². The highest BCUT2D eigenvalue weighted by Gasteiger charge is 2.05. The third-order valence-electron chi connectivity index (χ3n) is 3.19. The summed E-state index contributed by atoms with van der Waals surface area (Å²) in [5.41, 5.74) is 9.79. The van der Waals surface area contributed by atoms with E-state index in [2.05, 4.69) is 44.2 Å². The number of benzene rings is 2. The van der Waals surface area contributed by atoms with Crippen LogP contribution in [0.4, 0.5) is 0 Å². The van der Waals surface area contributed by atoms with Crippen LogP contribution in [0.25, 0.3) is 0 Å². The van der Waals surface area contributed by atoms with Gasteiger partial charge in [-0.2, -0.15) is 0 Å². The second kappa shape index (κ2) is 6.39. The minimum Gasteiger partial charge on any atom is -0.494 e. The van der Waals surface area contributed by atoms with Gasteiger partial charge in [-0.15, -0.1) is 0 Å². The summed E-state index contributed by atoms with van der Waals surface area (Å²) in [5, 5.41) is 0. The molecule has 2 aromatic rings. The molecule has 2 nitrogen and oxygen atoms in total. The van der Waals surface area contributed by atoms with E-state index in [0.29, 0.717) is 6.61 Å². The molecule has 2 N–H and O–H groups in total. The molecule has 100 valence electrons. The SMILES string of the molecule is Cc1ccc(C(N)CCOc2cccc(C)c2)cc1. The first-order chi connectivity index (χ1) is 9.15. The summed E-state index contributed by atoms with van der Waals surface area (Å²) in [6.45, 7) is 4.78. The lowest BCUT2D eigenvalue weighted by Gasteiger charge is -2.13. The lowest BCUT2D eigenvalue weighted by molar-refractivity contribution is 0.298. The van der Waals surface area contributed by atoms with Crippen molar-refractivity contribution < 1.29 is 4.74 Å². The predicted molar refractivity (Wildman–Crippen MR) is 79.4 cm³/mol. The van der Waals surface area contributed by atoms with Crippen molar-refractivity contribution >= 4 is 0 Å². The minimum absolute atomic E-state index is 0.0328. The molecule has 0 bridgehead atoms. The van der Waals surface area contributed by atoms with Crippen molar-refractivity contribution in [2.24, 2.45) is 5.73 Å². The van der Waals surface area contributed by atoms with Crippen molar-refractivity contribution in [3.63, 3.8) is 0 Å². The Labute approximate surface area is 115 Å². The van der Waals surface area contributed by atoms with Gasteiger partial charge in [0.1, 0.15) is 5.75 Å². The van der Waals surface area contributed by atoms with Crippen LogP contribution in [0.2, 0.25) is 0 Å². The molecule has 0 amide bonds. The highest BCUT2D eigenvalue weighted by atomic mass is 16.5. The van der Waals surface area contributed by atoms with Gasteiger partial charge in [-0.3, -0.25) is 0 Å². The Morgan fingerprint density at radius 2 is 1.74 bits per heavy atom. The van der Waals surface area contributed by atoms with E-state index >= 15 is 0 Å². The first kappa shape index (κ1) is 13.6. The number of nitrogens with two attached hydrogens (primary N) is 1. The molecule has 0 aliphatic rings. The van der Waals surface area contributed by atoms with Gasteiger partial charge in [0.2, 0.25) is 0 Å². The van der Waals surface area contributed by atoms with Crippen molar-refractivity contribution in [2.45, 2.75) is 26.3 Å². The molecule has 1 unspecified atom stereocenters. The molecule has 19 heavy (non-hydrogen) atoms. The molecule has 0 fully saturated rings. The maximum atomic E-state index is 6.16. The van der Waals surface area contributed by atoms with E-state index in [1.165, 1.54) is 16.7 Å². The van der Waals surface area contributed by atoms with E-state index in [-0.39, 0.29) is 6.04 Å². The summed E-state index contributed by atoms with van der Waals surface area (Å²) < 4.78 is 5.72. The summed E-state index contributed by atoms with van der Waals surface area (Å²) in [6.07, 6.45) is 0.816. The predicted octanol–water partition coefficient (Wildman–Crippen LogP) is 3.77. The Morgan fingerprint density at radius 3 is 2.42 bits per heavy atom. The van der Waals surface area contributed by atoms with Crippen LogP contribution in [0.5, 0.6) is 5.75 Å². The van der Waals surface area contributed by atoms with Gasteiger partial charge >= 0.3 is 0 Å². The van der Waals surface area contributed by atoms with Gasteiger partial charge in [0, 0.05) is 12.5 Å². The second-order valence-electron chi connectivity index (χ2n) is 4.97. The molecule has 0 heterocycles. The average molecular weight is 255 g/mol. The van der Waals surface area contributed by atoms with Crippen molar-refractivity contribution in [2.75, 3.05) is 6.61 Å². The topological polar surface area (TPSA) is 35.2 Å². The van der Waals surface area contributed by atoms with E-state index in [4.69, 9.17) is 10.5 Å². The van der Waals surface area contributed by atoms with Crippen molar-refractivity contribution in [3.05, 3.63) is 65.2 Å². The molecule has 2 aromatic carbocycles. The first-order valence-corrected chi connectivity index (χ1v) is 6.67. The Morgan fingerprint density at radius 1 is 1.00 bits per heavy atom. The molecule has 2 rings (SSSR count). The van der Waals surface area contributed by atoms with E-state index in [0.717, 1.165) is 12.2 Å². The zero-order valence-corrected chi connectivity index (χ0v) is 11.6. The quantitative estimate of drug-likeness (QED) is 0.882. The molecule has 0 aromatic heterocycles. The third-order valence-corrected chi connectivity index (χ3v) is 3.19. The van der Waals surface area contributed by atoms with Gasteiger partial charge in [0.05, 0.1) is 6.61 Å². The molecule has 0 saturated carbocycles. The molecule has 0 saturated heterocycles. The number of rotatable bonds is 5. The standard InChI is InChI=1S/C17H21NO/c1-13-6-8-15(9-7-13)17(18)10-11-19-16-5-3-4-14(2)12-16/h3-9,12,17H,10-11,18H2,1-2H3. The van der Waals surface area contributed by atoms with Crippen LogP contribution in [0, 0.1) is 13.8 Å².